The lowest BCUT2D eigenvalue weighted by atomic mass is 10.00. The van der Waals surface area contributed by atoms with Gasteiger partial charge in [0.05, 0.1) is 18.6 Å². The first-order valence-electron chi connectivity index (χ1n) is 16.3. The number of benzene rings is 4. The molecule has 6 N–H and O–H groups in total. The predicted octanol–water partition coefficient (Wildman–Crippen LogP) is 3.34. The number of aliphatic hydroxyl groups is 1. The maximum Gasteiger partial charge on any atom is 0.260 e. The molecule has 0 bridgehead atoms. The van der Waals surface area contributed by atoms with Crippen molar-refractivity contribution >= 4 is 23.4 Å². The lowest BCUT2D eigenvalue weighted by Gasteiger charge is -2.31. The summed E-state index contributed by atoms with van der Waals surface area (Å²) in [5.74, 6) is -2.98. The summed E-state index contributed by atoms with van der Waals surface area (Å²) < 4.78 is 5.44. The van der Waals surface area contributed by atoms with Gasteiger partial charge in [-0.15, -0.1) is 0 Å². The van der Waals surface area contributed by atoms with Gasteiger partial charge in [-0.1, -0.05) is 60.7 Å². The van der Waals surface area contributed by atoms with E-state index in [0.29, 0.717) is 5.56 Å². The van der Waals surface area contributed by atoms with Crippen LogP contribution >= 0.6 is 0 Å². The molecule has 0 radical (unpaired) electrons. The monoisotopic (exact) mass is 683 g/mol. The summed E-state index contributed by atoms with van der Waals surface area (Å²) in [4.78, 5) is 42.4. The van der Waals surface area contributed by atoms with Crippen LogP contribution in [0.3, 0.4) is 0 Å². The molecule has 1 unspecified atom stereocenters. The molecule has 1 aliphatic rings. The number of hydrogen-bond donors (Lipinski definition) is 6. The average Bonchev–Trinajstić information content (AvgIpc) is 3.40. The zero-order chi connectivity index (χ0) is 35.8. The van der Waals surface area contributed by atoms with Gasteiger partial charge in [0, 0.05) is 43.9 Å². The molecule has 0 saturated heterocycles. The Balaban J connectivity index is 1.31. The largest absolute Gasteiger partial charge is 0.508 e. The molecular weight excluding hydrogens is 642 g/mol. The van der Waals surface area contributed by atoms with Crippen molar-refractivity contribution in [2.75, 3.05) is 31.1 Å². The predicted molar refractivity (Wildman–Crippen MR) is 185 cm³/mol. The fraction of sp³-hybridized carbons (Fsp3) is 0.289. The first-order valence-corrected chi connectivity index (χ1v) is 16.3. The van der Waals surface area contributed by atoms with Crippen molar-refractivity contribution in [2.24, 2.45) is 0 Å². The Hall–Kier alpha value is -5.75. The van der Waals surface area contributed by atoms with E-state index in [1.807, 2.05) is 67.6 Å². The van der Waals surface area contributed by atoms with Crippen molar-refractivity contribution in [3.05, 3.63) is 107 Å². The number of fused-ring (bicyclic) bond motifs is 1. The number of carbonyl (C=O) groups is 3. The molecule has 50 heavy (non-hydrogen) atoms. The summed E-state index contributed by atoms with van der Waals surface area (Å²) in [6.07, 6.45) is -0.541. The summed E-state index contributed by atoms with van der Waals surface area (Å²) >= 11 is 0. The van der Waals surface area contributed by atoms with Gasteiger partial charge in [-0.25, -0.2) is 0 Å². The fourth-order valence-corrected chi connectivity index (χ4v) is 5.97. The Bertz CT molecular complexity index is 1810. The quantitative estimate of drug-likeness (QED) is 0.110. The summed E-state index contributed by atoms with van der Waals surface area (Å²) in [5, 5.41) is 54.9. The van der Waals surface area contributed by atoms with Gasteiger partial charge in [0.25, 0.3) is 5.91 Å². The lowest BCUT2D eigenvalue weighted by molar-refractivity contribution is -0.135. The topological polar surface area (TPSA) is 180 Å². The molecule has 5 rings (SSSR count). The number of para-hydroxylation sites is 1. The maximum atomic E-state index is 13.6. The molecule has 12 nitrogen and oxygen atoms in total. The fourth-order valence-electron chi connectivity index (χ4n) is 5.97. The Morgan fingerprint density at radius 3 is 2.34 bits per heavy atom. The number of nitrogens with zero attached hydrogens (tertiary/aromatic N) is 2. The van der Waals surface area contributed by atoms with Crippen molar-refractivity contribution in [1.82, 2.24) is 10.2 Å². The molecular formula is C38H41N3O9. The standard InChI is InChI=1S/C38H41N3O9/c1-24-11-12-26(31(43)17-24)13-15-40(37(49)23-50-38-32(44)20-28(42)21-33(38)45)22-34(46)29(18-25-7-3-2-4-8-25)39-35(47)14-16-41-30-10-6-5-9-27(30)19-36(41)48/h2-12,17,20-21,29,34,42-46H,13-16,18-19,22-23H2,1H3,(H,39,47)/t29-,34?/m0/s1. The summed E-state index contributed by atoms with van der Waals surface area (Å²) in [6, 6.07) is 22.9. The van der Waals surface area contributed by atoms with Gasteiger partial charge >= 0.3 is 0 Å². The summed E-state index contributed by atoms with van der Waals surface area (Å²) in [7, 11) is 0. The van der Waals surface area contributed by atoms with E-state index in [0.717, 1.165) is 34.5 Å². The van der Waals surface area contributed by atoms with Crippen LogP contribution in [-0.2, 0) is 33.6 Å². The second-order valence-corrected chi connectivity index (χ2v) is 12.4. The highest BCUT2D eigenvalue weighted by atomic mass is 16.5. The van der Waals surface area contributed by atoms with E-state index in [1.165, 1.54) is 4.90 Å². The zero-order valence-corrected chi connectivity index (χ0v) is 27.7. The van der Waals surface area contributed by atoms with Crippen LogP contribution in [0.25, 0.3) is 0 Å². The maximum absolute atomic E-state index is 13.6. The van der Waals surface area contributed by atoms with Crippen molar-refractivity contribution < 1.29 is 44.7 Å². The molecule has 1 aliphatic heterocycles. The Labute approximate surface area is 289 Å². The Morgan fingerprint density at radius 2 is 1.62 bits per heavy atom. The minimum absolute atomic E-state index is 0.0130. The second kappa shape index (κ2) is 16.1. The van der Waals surface area contributed by atoms with E-state index in [-0.39, 0.29) is 62.9 Å². The van der Waals surface area contributed by atoms with E-state index < -0.39 is 47.7 Å². The van der Waals surface area contributed by atoms with Gasteiger partial charge in [-0.05, 0) is 54.2 Å². The van der Waals surface area contributed by atoms with Crippen molar-refractivity contribution in [2.45, 2.75) is 44.8 Å². The molecule has 3 amide bonds. The first-order chi connectivity index (χ1) is 24.0. The number of hydrogen-bond acceptors (Lipinski definition) is 9. The third-order valence-electron chi connectivity index (χ3n) is 8.62. The minimum atomic E-state index is -1.26. The number of ether oxygens (including phenoxy) is 1. The highest BCUT2D eigenvalue weighted by Gasteiger charge is 2.30. The molecule has 0 fully saturated rings. The molecule has 4 aromatic carbocycles. The lowest BCUT2D eigenvalue weighted by Crippen LogP contribution is -2.51. The number of rotatable bonds is 15. The number of aryl methyl sites for hydroxylation is 1. The van der Waals surface area contributed by atoms with Gasteiger partial charge in [0.1, 0.15) is 11.5 Å². The smallest absolute Gasteiger partial charge is 0.260 e. The molecule has 0 aromatic heterocycles. The number of phenols is 4. The van der Waals surface area contributed by atoms with E-state index >= 15 is 0 Å². The highest BCUT2D eigenvalue weighted by Crippen LogP contribution is 2.39. The van der Waals surface area contributed by atoms with Crippen LogP contribution in [-0.4, -0.2) is 86.5 Å². The number of nitrogens with one attached hydrogen (secondary N) is 1. The SMILES string of the molecule is Cc1ccc(CCN(CC(O)[C@H](Cc2ccccc2)NC(=O)CCN2C(=O)Cc3ccccc32)C(=O)COc2c(O)cc(O)cc2O)c(O)c1. The van der Waals surface area contributed by atoms with Crippen LogP contribution in [0.5, 0.6) is 28.7 Å². The van der Waals surface area contributed by atoms with E-state index in [2.05, 4.69) is 5.32 Å². The molecule has 4 aromatic rings. The minimum Gasteiger partial charge on any atom is -0.508 e. The number of amides is 3. The highest BCUT2D eigenvalue weighted by molar-refractivity contribution is 6.01. The number of phenolic OH excluding ortho intramolecular Hbond substituents is 4. The molecule has 0 spiro atoms. The third-order valence-corrected chi connectivity index (χ3v) is 8.62. The molecule has 12 heteroatoms. The van der Waals surface area contributed by atoms with Gasteiger partial charge in [0.2, 0.25) is 17.6 Å². The second-order valence-electron chi connectivity index (χ2n) is 12.4. The molecule has 2 atom stereocenters. The first kappa shape index (κ1) is 35.6. The van der Waals surface area contributed by atoms with Crippen molar-refractivity contribution in [3.8, 4) is 28.7 Å². The molecule has 262 valence electrons. The number of anilines is 1. The third kappa shape index (κ3) is 9.03. The van der Waals surface area contributed by atoms with Crippen molar-refractivity contribution in [3.63, 3.8) is 0 Å². The Morgan fingerprint density at radius 1 is 0.920 bits per heavy atom. The summed E-state index contributed by atoms with van der Waals surface area (Å²) in [6.45, 7) is 1.17. The van der Waals surface area contributed by atoms with Crippen LogP contribution in [0.4, 0.5) is 5.69 Å². The number of aromatic hydroxyl groups is 4. The van der Waals surface area contributed by atoms with Crippen LogP contribution in [0.2, 0.25) is 0 Å². The number of aliphatic hydroxyl groups excluding tert-OH is 1. The van der Waals surface area contributed by atoms with Gasteiger partial charge < -0.3 is 45.4 Å². The Kier molecular flexibility index (Phi) is 11.4. The normalized spacial score (nSPS) is 13.4. The molecule has 0 saturated carbocycles. The van der Waals surface area contributed by atoms with Gasteiger partial charge in [0.15, 0.2) is 18.1 Å². The van der Waals surface area contributed by atoms with E-state index in [1.54, 1.807) is 17.0 Å². The summed E-state index contributed by atoms with van der Waals surface area (Å²) in [5.41, 5.74) is 3.94. The van der Waals surface area contributed by atoms with E-state index in [9.17, 15) is 39.9 Å². The van der Waals surface area contributed by atoms with Gasteiger partial charge in [-0.2, -0.15) is 0 Å². The van der Waals surface area contributed by atoms with Gasteiger partial charge in [-0.3, -0.25) is 14.4 Å². The number of carbonyl (C=O) groups excluding carboxylic acids is 3. The van der Waals surface area contributed by atoms with Crippen LogP contribution in [0.1, 0.15) is 28.7 Å². The van der Waals surface area contributed by atoms with Crippen molar-refractivity contribution in [1.29, 1.82) is 0 Å². The van der Waals surface area contributed by atoms with Crippen LogP contribution in [0.15, 0.2) is 84.9 Å². The molecule has 1 heterocycles. The van der Waals surface area contributed by atoms with Crippen LogP contribution < -0.4 is 15.0 Å². The molecule has 0 aliphatic carbocycles. The van der Waals surface area contributed by atoms with Crippen LogP contribution in [0, 0.1) is 6.92 Å². The average molecular weight is 684 g/mol. The van der Waals surface area contributed by atoms with E-state index in [4.69, 9.17) is 4.74 Å². The zero-order valence-electron chi connectivity index (χ0n) is 27.7.